The summed E-state index contributed by atoms with van der Waals surface area (Å²) in [5.41, 5.74) is 0.904. The number of ether oxygens (including phenoxy) is 1. The first-order valence-corrected chi connectivity index (χ1v) is 8.70. The summed E-state index contributed by atoms with van der Waals surface area (Å²) in [6.45, 7) is 4.77. The van der Waals surface area contributed by atoms with E-state index in [9.17, 15) is 24.0 Å². The molecular weight excluding hydrogens is 362 g/mol. The van der Waals surface area contributed by atoms with Crippen LogP contribution in [0.3, 0.4) is 0 Å². The Labute approximate surface area is 153 Å². The number of nitrogens with one attached hydrogen (secondary N) is 1. The van der Waals surface area contributed by atoms with Gasteiger partial charge in [-0.2, -0.15) is 0 Å². The highest BCUT2D eigenvalue weighted by Gasteiger charge is 2.44. The first-order valence-electron chi connectivity index (χ1n) is 7.88. The molecule has 0 spiro atoms. The van der Waals surface area contributed by atoms with Gasteiger partial charge in [0.1, 0.15) is 11.5 Å². The largest absolute Gasteiger partial charge is 0.465 e. The SMILES string of the molecule is CCCN1C(=O)C(=O)N(CC(=O)Nc2sc(C)c(C)c2C(=O)OC)C1=O. The van der Waals surface area contributed by atoms with E-state index in [-0.39, 0.29) is 17.1 Å². The molecule has 0 aromatic carbocycles. The van der Waals surface area contributed by atoms with Crippen molar-refractivity contribution in [3.63, 3.8) is 0 Å². The number of methoxy groups -OCH3 is 1. The highest BCUT2D eigenvalue weighted by atomic mass is 32.1. The van der Waals surface area contributed by atoms with Gasteiger partial charge in [0.25, 0.3) is 0 Å². The van der Waals surface area contributed by atoms with Gasteiger partial charge in [-0.15, -0.1) is 11.3 Å². The van der Waals surface area contributed by atoms with E-state index in [0.29, 0.717) is 16.9 Å². The number of carbonyl (C=O) groups is 5. The van der Waals surface area contributed by atoms with Crippen LogP contribution in [0.25, 0.3) is 0 Å². The lowest BCUT2D eigenvalue weighted by atomic mass is 10.1. The zero-order chi connectivity index (χ0) is 19.6. The molecule has 2 heterocycles. The molecule has 0 bridgehead atoms. The van der Waals surface area contributed by atoms with E-state index in [1.807, 2.05) is 0 Å². The molecule has 0 aliphatic carbocycles. The normalized spacial score (nSPS) is 14.2. The lowest BCUT2D eigenvalue weighted by molar-refractivity contribution is -0.143. The fourth-order valence-electron chi connectivity index (χ4n) is 2.48. The van der Waals surface area contributed by atoms with Crippen LogP contribution >= 0.6 is 11.3 Å². The number of imide groups is 2. The van der Waals surface area contributed by atoms with Gasteiger partial charge >= 0.3 is 23.8 Å². The molecule has 1 aliphatic rings. The molecule has 1 fully saturated rings. The predicted molar refractivity (Wildman–Crippen MR) is 92.9 cm³/mol. The highest BCUT2D eigenvalue weighted by molar-refractivity contribution is 7.16. The summed E-state index contributed by atoms with van der Waals surface area (Å²) in [5.74, 6) is -3.27. The van der Waals surface area contributed by atoms with Crippen molar-refractivity contribution in [2.45, 2.75) is 27.2 Å². The van der Waals surface area contributed by atoms with Crippen LogP contribution in [0.5, 0.6) is 0 Å². The topological polar surface area (TPSA) is 113 Å². The molecule has 1 aromatic rings. The molecule has 2 rings (SSSR count). The second kappa shape index (κ2) is 7.65. The first-order chi connectivity index (χ1) is 12.2. The molecule has 1 saturated heterocycles. The second-order valence-electron chi connectivity index (χ2n) is 5.66. The molecule has 1 aromatic heterocycles. The van der Waals surface area contributed by atoms with Crippen molar-refractivity contribution in [3.05, 3.63) is 16.0 Å². The van der Waals surface area contributed by atoms with Crippen molar-refractivity contribution in [1.82, 2.24) is 9.80 Å². The minimum absolute atomic E-state index is 0.108. The fourth-order valence-corrected chi connectivity index (χ4v) is 3.55. The first kappa shape index (κ1) is 19.6. The molecule has 0 unspecified atom stereocenters. The molecule has 1 N–H and O–H groups in total. The summed E-state index contributed by atoms with van der Waals surface area (Å²) in [7, 11) is 1.23. The summed E-state index contributed by atoms with van der Waals surface area (Å²) in [6.07, 6.45) is 0.501. The number of nitrogens with zero attached hydrogens (tertiary/aromatic N) is 2. The van der Waals surface area contributed by atoms with Crippen LogP contribution < -0.4 is 5.32 Å². The quantitative estimate of drug-likeness (QED) is 0.451. The highest BCUT2D eigenvalue weighted by Crippen LogP contribution is 2.33. The minimum Gasteiger partial charge on any atom is -0.465 e. The maximum atomic E-state index is 12.3. The smallest absolute Gasteiger partial charge is 0.341 e. The van der Waals surface area contributed by atoms with E-state index < -0.39 is 36.3 Å². The Hall–Kier alpha value is -2.75. The van der Waals surface area contributed by atoms with E-state index in [2.05, 4.69) is 5.32 Å². The number of rotatable bonds is 6. The minimum atomic E-state index is -1.04. The van der Waals surface area contributed by atoms with Crippen LogP contribution in [-0.4, -0.2) is 59.7 Å². The monoisotopic (exact) mass is 381 g/mol. The van der Waals surface area contributed by atoms with E-state index in [1.165, 1.54) is 18.4 Å². The molecule has 140 valence electrons. The summed E-state index contributed by atoms with van der Waals surface area (Å²) < 4.78 is 4.72. The van der Waals surface area contributed by atoms with Crippen LogP contribution in [0.4, 0.5) is 9.80 Å². The third-order valence-corrected chi connectivity index (χ3v) is 5.03. The van der Waals surface area contributed by atoms with Gasteiger partial charge in [-0.3, -0.25) is 19.3 Å². The molecule has 0 radical (unpaired) electrons. The van der Waals surface area contributed by atoms with Crippen LogP contribution in [0.15, 0.2) is 0 Å². The number of hydrogen-bond acceptors (Lipinski definition) is 7. The Bertz CT molecular complexity index is 800. The summed E-state index contributed by atoms with van der Waals surface area (Å²) in [4.78, 5) is 62.3. The lowest BCUT2D eigenvalue weighted by Crippen LogP contribution is -2.39. The van der Waals surface area contributed by atoms with Gasteiger partial charge in [-0.1, -0.05) is 6.92 Å². The van der Waals surface area contributed by atoms with Gasteiger partial charge in [-0.25, -0.2) is 14.5 Å². The van der Waals surface area contributed by atoms with E-state index in [0.717, 1.165) is 9.78 Å². The number of urea groups is 1. The zero-order valence-corrected chi connectivity index (χ0v) is 15.7. The van der Waals surface area contributed by atoms with E-state index in [1.54, 1.807) is 20.8 Å². The second-order valence-corrected chi connectivity index (χ2v) is 6.88. The average molecular weight is 381 g/mol. The average Bonchev–Trinajstić information content (AvgIpc) is 2.98. The number of aryl methyl sites for hydroxylation is 1. The summed E-state index contributed by atoms with van der Waals surface area (Å²) in [5, 5.41) is 2.79. The molecule has 0 saturated carbocycles. The van der Waals surface area contributed by atoms with Gasteiger partial charge in [0.05, 0.1) is 12.7 Å². The number of thiophene rings is 1. The number of esters is 1. The van der Waals surface area contributed by atoms with E-state index >= 15 is 0 Å². The molecule has 10 heteroatoms. The molecule has 5 amide bonds. The fraction of sp³-hybridized carbons (Fsp3) is 0.438. The zero-order valence-electron chi connectivity index (χ0n) is 14.9. The maximum Gasteiger partial charge on any atom is 0.341 e. The standard InChI is InChI=1S/C16H19N3O6S/c1-5-6-18-13(21)14(22)19(16(18)24)7-10(20)17-12-11(15(23)25-4)8(2)9(3)26-12/h5-7H2,1-4H3,(H,17,20). The summed E-state index contributed by atoms with van der Waals surface area (Å²) >= 11 is 1.18. The van der Waals surface area contributed by atoms with Crippen molar-refractivity contribution in [1.29, 1.82) is 0 Å². The van der Waals surface area contributed by atoms with Gasteiger partial charge in [-0.05, 0) is 25.8 Å². The number of carbonyl (C=O) groups excluding carboxylic acids is 5. The van der Waals surface area contributed by atoms with Crippen molar-refractivity contribution >= 4 is 46.1 Å². The van der Waals surface area contributed by atoms with Crippen LogP contribution in [0.2, 0.25) is 0 Å². The van der Waals surface area contributed by atoms with Crippen molar-refractivity contribution < 1.29 is 28.7 Å². The molecular formula is C16H19N3O6S. The van der Waals surface area contributed by atoms with E-state index in [4.69, 9.17) is 4.74 Å². The maximum absolute atomic E-state index is 12.3. The predicted octanol–water partition coefficient (Wildman–Crippen LogP) is 1.29. The number of amides is 5. The van der Waals surface area contributed by atoms with Crippen molar-refractivity contribution in [3.8, 4) is 0 Å². The van der Waals surface area contributed by atoms with Gasteiger partial charge in [0.15, 0.2) is 0 Å². The molecule has 9 nitrogen and oxygen atoms in total. The van der Waals surface area contributed by atoms with Gasteiger partial charge in [0.2, 0.25) is 5.91 Å². The molecule has 26 heavy (non-hydrogen) atoms. The van der Waals surface area contributed by atoms with Crippen LogP contribution in [0, 0.1) is 13.8 Å². The Morgan fingerprint density at radius 1 is 1.12 bits per heavy atom. The third-order valence-electron chi connectivity index (χ3n) is 3.91. The van der Waals surface area contributed by atoms with Gasteiger partial charge in [0, 0.05) is 11.4 Å². The Morgan fingerprint density at radius 2 is 1.73 bits per heavy atom. The molecule has 1 aliphatic heterocycles. The Kier molecular flexibility index (Phi) is 5.76. The Balaban J connectivity index is 2.16. The van der Waals surface area contributed by atoms with Gasteiger partial charge < -0.3 is 10.1 Å². The Morgan fingerprint density at radius 3 is 2.31 bits per heavy atom. The van der Waals surface area contributed by atoms with Crippen LogP contribution in [-0.2, 0) is 19.1 Å². The lowest BCUT2D eigenvalue weighted by Gasteiger charge is -2.14. The van der Waals surface area contributed by atoms with Crippen LogP contribution in [0.1, 0.15) is 34.1 Å². The molecule has 0 atom stereocenters. The van der Waals surface area contributed by atoms with Crippen molar-refractivity contribution in [2.24, 2.45) is 0 Å². The van der Waals surface area contributed by atoms with Crippen molar-refractivity contribution in [2.75, 3.05) is 25.5 Å². The number of anilines is 1. The third kappa shape index (κ3) is 3.45. The number of hydrogen-bond donors (Lipinski definition) is 1. The summed E-state index contributed by atoms with van der Waals surface area (Å²) in [6, 6.07) is -0.816.